The Kier molecular flexibility index (Phi) is 4.98. The molecule has 0 atom stereocenters. The van der Waals surface area contributed by atoms with Crippen LogP contribution in [0.25, 0.3) is 0 Å². The van der Waals surface area contributed by atoms with Crippen LogP contribution in [0, 0.1) is 0 Å². The lowest BCUT2D eigenvalue weighted by atomic mass is 10.1. The normalized spacial score (nSPS) is 11.1. The third-order valence-corrected chi connectivity index (χ3v) is 3.21. The van der Waals surface area contributed by atoms with Gasteiger partial charge in [0.15, 0.2) is 0 Å². The summed E-state index contributed by atoms with van der Waals surface area (Å²) in [6.07, 6.45) is 5.88. The Labute approximate surface area is 114 Å². The molecule has 0 bridgehead atoms. The predicted molar refractivity (Wildman–Crippen MR) is 78.9 cm³/mol. The molecule has 0 spiro atoms. The van der Waals surface area contributed by atoms with Gasteiger partial charge in [-0.1, -0.05) is 30.3 Å². The molecule has 0 aliphatic rings. The summed E-state index contributed by atoms with van der Waals surface area (Å²) in [6, 6.07) is 10.6. The summed E-state index contributed by atoms with van der Waals surface area (Å²) in [5.74, 6) is 0. The number of aromatic nitrogens is 2. The Bertz CT molecular complexity index is 478. The summed E-state index contributed by atoms with van der Waals surface area (Å²) >= 11 is 0. The zero-order valence-corrected chi connectivity index (χ0v) is 11.5. The van der Waals surface area contributed by atoms with E-state index in [2.05, 4.69) is 47.4 Å². The molecule has 0 fully saturated rings. The van der Waals surface area contributed by atoms with Crippen molar-refractivity contribution < 1.29 is 0 Å². The van der Waals surface area contributed by atoms with Gasteiger partial charge in [0.1, 0.15) is 0 Å². The number of likely N-dealkylation sites (N-methyl/N-ethyl adjacent to an activating group) is 1. The van der Waals surface area contributed by atoms with Crippen molar-refractivity contribution in [1.82, 2.24) is 14.7 Å². The number of anilines is 1. The molecule has 0 saturated carbocycles. The molecular formula is C15H22N4. The van der Waals surface area contributed by atoms with Crippen molar-refractivity contribution in [3.05, 3.63) is 48.3 Å². The van der Waals surface area contributed by atoms with Crippen LogP contribution >= 0.6 is 0 Å². The third-order valence-electron chi connectivity index (χ3n) is 3.21. The molecular weight excluding hydrogens is 236 g/mol. The highest BCUT2D eigenvalue weighted by Crippen LogP contribution is 2.03. The number of benzene rings is 1. The Morgan fingerprint density at radius 3 is 2.68 bits per heavy atom. The molecule has 2 rings (SSSR count). The number of nitrogens with zero attached hydrogens (tertiary/aromatic N) is 3. The molecule has 1 aromatic heterocycles. The minimum absolute atomic E-state index is 0.728. The van der Waals surface area contributed by atoms with E-state index in [-0.39, 0.29) is 0 Å². The molecule has 1 heterocycles. The molecule has 0 unspecified atom stereocenters. The van der Waals surface area contributed by atoms with Gasteiger partial charge in [0.2, 0.25) is 0 Å². The number of nitrogens with two attached hydrogens (primary N) is 1. The van der Waals surface area contributed by atoms with E-state index in [1.807, 2.05) is 10.9 Å². The summed E-state index contributed by atoms with van der Waals surface area (Å²) in [5, 5.41) is 4.18. The molecule has 1 aromatic carbocycles. The molecule has 102 valence electrons. The molecule has 0 aliphatic carbocycles. The average molecular weight is 258 g/mol. The Hall–Kier alpha value is -1.81. The van der Waals surface area contributed by atoms with Gasteiger partial charge in [-0.2, -0.15) is 5.10 Å². The maximum absolute atomic E-state index is 5.63. The zero-order valence-electron chi connectivity index (χ0n) is 11.5. The van der Waals surface area contributed by atoms with Crippen LogP contribution in [-0.2, 0) is 13.0 Å². The van der Waals surface area contributed by atoms with Crippen molar-refractivity contribution in [1.29, 1.82) is 0 Å². The predicted octanol–water partition coefficient (Wildman–Crippen LogP) is 2.03. The lowest BCUT2D eigenvalue weighted by Crippen LogP contribution is -2.24. The molecule has 4 heteroatoms. The van der Waals surface area contributed by atoms with Crippen LogP contribution in [0.4, 0.5) is 5.69 Å². The van der Waals surface area contributed by atoms with E-state index in [1.165, 1.54) is 12.0 Å². The highest BCUT2D eigenvalue weighted by atomic mass is 15.3. The van der Waals surface area contributed by atoms with Gasteiger partial charge in [-0.05, 0) is 32.0 Å². The monoisotopic (exact) mass is 258 g/mol. The molecule has 2 aromatic rings. The quantitative estimate of drug-likeness (QED) is 0.826. The summed E-state index contributed by atoms with van der Waals surface area (Å²) in [7, 11) is 2.15. The van der Waals surface area contributed by atoms with Gasteiger partial charge in [0, 0.05) is 12.7 Å². The van der Waals surface area contributed by atoms with E-state index in [0.29, 0.717) is 0 Å². The van der Waals surface area contributed by atoms with E-state index in [4.69, 9.17) is 5.73 Å². The molecule has 4 nitrogen and oxygen atoms in total. The van der Waals surface area contributed by atoms with Crippen LogP contribution in [0.15, 0.2) is 42.7 Å². The van der Waals surface area contributed by atoms with Crippen LogP contribution in [0.5, 0.6) is 0 Å². The van der Waals surface area contributed by atoms with Gasteiger partial charge in [0.25, 0.3) is 0 Å². The maximum Gasteiger partial charge on any atom is 0.0719 e. The van der Waals surface area contributed by atoms with E-state index in [0.717, 1.165) is 31.7 Å². The summed E-state index contributed by atoms with van der Waals surface area (Å²) in [5.41, 5.74) is 7.77. The van der Waals surface area contributed by atoms with Crippen molar-refractivity contribution in [3.63, 3.8) is 0 Å². The first-order chi connectivity index (χ1) is 9.24. The van der Waals surface area contributed by atoms with E-state index >= 15 is 0 Å². The standard InChI is InChI=1S/C15H22N4/c1-18(10-11-19-13-15(16)12-17-19)9-5-8-14-6-3-2-4-7-14/h2-4,6-7,12-13H,5,8-11,16H2,1H3. The summed E-state index contributed by atoms with van der Waals surface area (Å²) in [6.45, 7) is 2.99. The van der Waals surface area contributed by atoms with Crippen molar-refractivity contribution in [3.8, 4) is 0 Å². The van der Waals surface area contributed by atoms with Gasteiger partial charge in [-0.3, -0.25) is 4.68 Å². The number of hydrogen-bond acceptors (Lipinski definition) is 3. The average Bonchev–Trinajstić information content (AvgIpc) is 2.83. The molecule has 0 amide bonds. The third kappa shape index (κ3) is 4.75. The first-order valence-corrected chi connectivity index (χ1v) is 6.74. The Morgan fingerprint density at radius 1 is 1.21 bits per heavy atom. The fourth-order valence-corrected chi connectivity index (χ4v) is 2.08. The van der Waals surface area contributed by atoms with Crippen LogP contribution in [0.3, 0.4) is 0 Å². The van der Waals surface area contributed by atoms with E-state index in [1.54, 1.807) is 6.20 Å². The first kappa shape index (κ1) is 13.6. The van der Waals surface area contributed by atoms with Crippen LogP contribution in [0.2, 0.25) is 0 Å². The molecule has 0 radical (unpaired) electrons. The number of nitrogen functional groups attached to an aromatic ring is 1. The first-order valence-electron chi connectivity index (χ1n) is 6.74. The molecule has 2 N–H and O–H groups in total. The highest BCUT2D eigenvalue weighted by molar-refractivity contribution is 5.30. The van der Waals surface area contributed by atoms with Gasteiger partial charge < -0.3 is 10.6 Å². The van der Waals surface area contributed by atoms with E-state index < -0.39 is 0 Å². The Morgan fingerprint density at radius 2 is 2.00 bits per heavy atom. The van der Waals surface area contributed by atoms with Gasteiger partial charge >= 0.3 is 0 Å². The van der Waals surface area contributed by atoms with Crippen molar-refractivity contribution in [2.75, 3.05) is 25.9 Å². The van der Waals surface area contributed by atoms with Crippen molar-refractivity contribution in [2.45, 2.75) is 19.4 Å². The number of hydrogen-bond donors (Lipinski definition) is 1. The summed E-state index contributed by atoms with van der Waals surface area (Å²) < 4.78 is 1.89. The fourth-order valence-electron chi connectivity index (χ4n) is 2.08. The lowest BCUT2D eigenvalue weighted by Gasteiger charge is -2.16. The van der Waals surface area contributed by atoms with Crippen LogP contribution in [-0.4, -0.2) is 34.8 Å². The SMILES string of the molecule is CN(CCCc1ccccc1)CCn1cc(N)cn1. The fraction of sp³-hybridized carbons (Fsp3) is 0.400. The van der Waals surface area contributed by atoms with Gasteiger partial charge in [-0.25, -0.2) is 0 Å². The maximum atomic E-state index is 5.63. The topological polar surface area (TPSA) is 47.1 Å². The second-order valence-electron chi connectivity index (χ2n) is 4.93. The van der Waals surface area contributed by atoms with Crippen molar-refractivity contribution >= 4 is 5.69 Å². The summed E-state index contributed by atoms with van der Waals surface area (Å²) in [4.78, 5) is 2.33. The van der Waals surface area contributed by atoms with Crippen LogP contribution < -0.4 is 5.73 Å². The molecule has 0 aliphatic heterocycles. The highest BCUT2D eigenvalue weighted by Gasteiger charge is 2.00. The van der Waals surface area contributed by atoms with E-state index in [9.17, 15) is 0 Å². The molecule has 19 heavy (non-hydrogen) atoms. The number of rotatable bonds is 7. The second-order valence-corrected chi connectivity index (χ2v) is 4.93. The van der Waals surface area contributed by atoms with Crippen LogP contribution in [0.1, 0.15) is 12.0 Å². The largest absolute Gasteiger partial charge is 0.396 e. The Balaban J connectivity index is 1.63. The minimum Gasteiger partial charge on any atom is -0.396 e. The zero-order chi connectivity index (χ0) is 13.5. The van der Waals surface area contributed by atoms with Crippen molar-refractivity contribution in [2.24, 2.45) is 0 Å². The second kappa shape index (κ2) is 6.95. The van der Waals surface area contributed by atoms with Gasteiger partial charge in [-0.15, -0.1) is 0 Å². The van der Waals surface area contributed by atoms with Gasteiger partial charge in [0.05, 0.1) is 18.4 Å². The smallest absolute Gasteiger partial charge is 0.0719 e. The minimum atomic E-state index is 0.728. The lowest BCUT2D eigenvalue weighted by molar-refractivity contribution is 0.308. The molecule has 0 saturated heterocycles. The number of aryl methyl sites for hydroxylation is 1.